The van der Waals surface area contributed by atoms with E-state index >= 15 is 0 Å². The van der Waals surface area contributed by atoms with E-state index in [-0.39, 0.29) is 0 Å². The van der Waals surface area contributed by atoms with Gasteiger partial charge < -0.3 is 4.74 Å². The number of hydrogen-bond acceptors (Lipinski definition) is 1. The SMILES string of the molecule is C=C(CCCCCCCCCCCCCCCC)OCCCCCCCCCCCCCCCCCCCC. The van der Waals surface area contributed by atoms with E-state index in [1.54, 1.807) is 0 Å². The van der Waals surface area contributed by atoms with Gasteiger partial charge in [0.25, 0.3) is 0 Å². The molecule has 0 saturated carbocycles. The molecule has 0 fully saturated rings. The Morgan fingerprint density at radius 3 is 0.846 bits per heavy atom. The number of allylic oxidation sites excluding steroid dienone is 1. The molecule has 0 N–H and O–H groups in total. The van der Waals surface area contributed by atoms with Gasteiger partial charge in [0.1, 0.15) is 0 Å². The molecule has 0 aromatic carbocycles. The zero-order chi connectivity index (χ0) is 28.3. The van der Waals surface area contributed by atoms with Crippen LogP contribution in [0.1, 0.15) is 226 Å². The zero-order valence-electron chi connectivity index (χ0n) is 27.7. The first kappa shape index (κ1) is 38.5. The zero-order valence-corrected chi connectivity index (χ0v) is 27.7. The highest BCUT2D eigenvalue weighted by atomic mass is 16.5. The molecule has 0 radical (unpaired) electrons. The first-order valence-electron chi connectivity index (χ1n) is 18.6. The van der Waals surface area contributed by atoms with Crippen LogP contribution in [0.15, 0.2) is 12.3 Å². The number of unbranched alkanes of at least 4 members (excludes halogenated alkanes) is 30. The van der Waals surface area contributed by atoms with Crippen molar-refractivity contribution >= 4 is 0 Å². The van der Waals surface area contributed by atoms with E-state index in [9.17, 15) is 0 Å². The second kappa shape index (κ2) is 35.6. The molecular formula is C38H76O. The molecule has 0 aliphatic rings. The Kier molecular flexibility index (Phi) is 35.1. The van der Waals surface area contributed by atoms with Crippen LogP contribution in [0, 0.1) is 0 Å². The fraction of sp³-hybridized carbons (Fsp3) is 0.947. The lowest BCUT2D eigenvalue weighted by atomic mass is 10.0. The van der Waals surface area contributed by atoms with E-state index < -0.39 is 0 Å². The summed E-state index contributed by atoms with van der Waals surface area (Å²) in [5.41, 5.74) is 0. The minimum Gasteiger partial charge on any atom is -0.499 e. The van der Waals surface area contributed by atoms with E-state index in [1.807, 2.05) is 0 Å². The molecule has 39 heavy (non-hydrogen) atoms. The van der Waals surface area contributed by atoms with Gasteiger partial charge in [0, 0.05) is 6.42 Å². The van der Waals surface area contributed by atoms with Crippen molar-refractivity contribution in [1.82, 2.24) is 0 Å². The topological polar surface area (TPSA) is 9.23 Å². The molecule has 0 heterocycles. The molecule has 0 aromatic rings. The van der Waals surface area contributed by atoms with Gasteiger partial charge in [-0.15, -0.1) is 0 Å². The fourth-order valence-electron chi connectivity index (χ4n) is 5.81. The summed E-state index contributed by atoms with van der Waals surface area (Å²) in [6.07, 6.45) is 46.6. The molecule has 0 bridgehead atoms. The first-order valence-corrected chi connectivity index (χ1v) is 18.6. The molecule has 0 aromatic heterocycles. The number of hydrogen-bond donors (Lipinski definition) is 0. The molecule has 0 spiro atoms. The van der Waals surface area contributed by atoms with Crippen LogP contribution >= 0.6 is 0 Å². The van der Waals surface area contributed by atoms with Crippen LogP contribution in [0.3, 0.4) is 0 Å². The van der Waals surface area contributed by atoms with E-state index in [2.05, 4.69) is 20.4 Å². The predicted octanol–water partition coefficient (Wildman–Crippen LogP) is 14.4. The lowest BCUT2D eigenvalue weighted by Gasteiger charge is -2.09. The summed E-state index contributed by atoms with van der Waals surface area (Å²) in [6.45, 7) is 9.64. The Morgan fingerprint density at radius 1 is 0.333 bits per heavy atom. The largest absolute Gasteiger partial charge is 0.499 e. The van der Waals surface area contributed by atoms with Gasteiger partial charge in [-0.05, 0) is 12.8 Å². The molecule has 0 rings (SSSR count). The molecular weight excluding hydrogens is 472 g/mol. The highest BCUT2D eigenvalue weighted by Gasteiger charge is 1.99. The summed E-state index contributed by atoms with van der Waals surface area (Å²) >= 11 is 0. The Labute approximate surface area is 249 Å². The van der Waals surface area contributed by atoms with Gasteiger partial charge in [0.05, 0.1) is 12.4 Å². The minimum absolute atomic E-state index is 0.885. The van der Waals surface area contributed by atoms with Gasteiger partial charge in [-0.1, -0.05) is 213 Å². The Bertz CT molecular complexity index is 442. The summed E-state index contributed by atoms with van der Waals surface area (Å²) < 4.78 is 5.89. The van der Waals surface area contributed by atoms with Crippen LogP contribution in [0.2, 0.25) is 0 Å². The van der Waals surface area contributed by atoms with Crippen molar-refractivity contribution in [2.45, 2.75) is 226 Å². The third-order valence-electron chi connectivity index (χ3n) is 8.61. The normalized spacial score (nSPS) is 11.3. The number of rotatable bonds is 35. The van der Waals surface area contributed by atoms with E-state index in [4.69, 9.17) is 4.74 Å². The molecule has 0 amide bonds. The van der Waals surface area contributed by atoms with Crippen molar-refractivity contribution in [3.63, 3.8) is 0 Å². The van der Waals surface area contributed by atoms with Crippen LogP contribution < -0.4 is 0 Å². The maximum atomic E-state index is 5.89. The average molecular weight is 549 g/mol. The highest BCUT2D eigenvalue weighted by Crippen LogP contribution is 2.16. The third kappa shape index (κ3) is 35.5. The maximum absolute atomic E-state index is 5.89. The van der Waals surface area contributed by atoms with E-state index in [0.29, 0.717) is 0 Å². The number of ether oxygens (including phenoxy) is 1. The van der Waals surface area contributed by atoms with Gasteiger partial charge in [0.15, 0.2) is 0 Å². The van der Waals surface area contributed by atoms with Gasteiger partial charge in [-0.25, -0.2) is 0 Å². The average Bonchev–Trinajstić information content (AvgIpc) is 2.94. The molecule has 0 atom stereocenters. The van der Waals surface area contributed by atoms with E-state index in [1.165, 1.54) is 205 Å². The predicted molar refractivity (Wildman–Crippen MR) is 179 cm³/mol. The second-order valence-electron chi connectivity index (χ2n) is 12.7. The molecule has 0 aliphatic carbocycles. The standard InChI is InChI=1S/C38H76O/c1-4-6-8-10-12-14-16-18-20-21-22-23-25-27-29-31-33-35-37-39-38(3)36-34-32-30-28-26-24-19-17-15-13-11-9-7-5-2/h3-37H2,1-2H3. The van der Waals surface area contributed by atoms with Crippen LogP contribution in [0.5, 0.6) is 0 Å². The van der Waals surface area contributed by atoms with Gasteiger partial charge in [0.2, 0.25) is 0 Å². The highest BCUT2D eigenvalue weighted by molar-refractivity contribution is 4.81. The maximum Gasteiger partial charge on any atom is 0.0888 e. The Morgan fingerprint density at radius 2 is 0.564 bits per heavy atom. The minimum atomic E-state index is 0.885. The molecule has 1 nitrogen and oxygen atoms in total. The lowest BCUT2D eigenvalue weighted by molar-refractivity contribution is 0.195. The quantitative estimate of drug-likeness (QED) is 0.0565. The summed E-state index contributed by atoms with van der Waals surface area (Å²) in [5, 5.41) is 0. The molecule has 0 saturated heterocycles. The van der Waals surface area contributed by atoms with Crippen molar-refractivity contribution in [3.05, 3.63) is 12.3 Å². The molecule has 234 valence electrons. The van der Waals surface area contributed by atoms with Crippen LogP contribution in [-0.4, -0.2) is 6.61 Å². The monoisotopic (exact) mass is 549 g/mol. The van der Waals surface area contributed by atoms with Crippen molar-refractivity contribution in [1.29, 1.82) is 0 Å². The Hall–Kier alpha value is -0.460. The second-order valence-corrected chi connectivity index (χ2v) is 12.7. The van der Waals surface area contributed by atoms with Crippen molar-refractivity contribution in [3.8, 4) is 0 Å². The summed E-state index contributed by atoms with van der Waals surface area (Å²) in [6, 6.07) is 0. The van der Waals surface area contributed by atoms with Crippen LogP contribution in [-0.2, 0) is 4.74 Å². The third-order valence-corrected chi connectivity index (χ3v) is 8.61. The van der Waals surface area contributed by atoms with E-state index in [0.717, 1.165) is 18.8 Å². The summed E-state index contributed by atoms with van der Waals surface area (Å²) in [4.78, 5) is 0. The van der Waals surface area contributed by atoms with Gasteiger partial charge in [-0.2, -0.15) is 0 Å². The van der Waals surface area contributed by atoms with Crippen molar-refractivity contribution in [2.24, 2.45) is 0 Å². The van der Waals surface area contributed by atoms with Crippen LogP contribution in [0.4, 0.5) is 0 Å². The smallest absolute Gasteiger partial charge is 0.0888 e. The Balaban J connectivity index is 3.13. The van der Waals surface area contributed by atoms with Crippen molar-refractivity contribution in [2.75, 3.05) is 6.61 Å². The summed E-state index contributed by atoms with van der Waals surface area (Å²) in [7, 11) is 0. The van der Waals surface area contributed by atoms with Crippen molar-refractivity contribution < 1.29 is 4.74 Å². The fourth-order valence-corrected chi connectivity index (χ4v) is 5.81. The molecule has 0 aliphatic heterocycles. The lowest BCUT2D eigenvalue weighted by Crippen LogP contribution is -1.95. The molecule has 0 unspecified atom stereocenters. The first-order chi connectivity index (χ1) is 19.3. The summed E-state index contributed by atoms with van der Waals surface area (Å²) in [5.74, 6) is 1.03. The molecule has 1 heteroatoms. The van der Waals surface area contributed by atoms with Gasteiger partial charge in [-0.3, -0.25) is 0 Å². The van der Waals surface area contributed by atoms with Crippen LogP contribution in [0.25, 0.3) is 0 Å². The van der Waals surface area contributed by atoms with Gasteiger partial charge >= 0.3 is 0 Å².